The molecule has 0 N–H and O–H groups in total. The topological polar surface area (TPSA) is 64.8 Å². The second-order valence-electron chi connectivity index (χ2n) is 4.44. The number of non-ortho nitro benzene ring substituents is 1. The molecule has 104 valence electrons. The van der Waals surface area contributed by atoms with Crippen LogP contribution < -0.4 is 4.74 Å². The van der Waals surface area contributed by atoms with Crippen LogP contribution in [0.25, 0.3) is 0 Å². The number of likely N-dealkylation sites (N-methyl/N-ethyl adjacent to an activating group) is 1. The van der Waals surface area contributed by atoms with Crippen LogP contribution in [0.3, 0.4) is 0 Å². The summed E-state index contributed by atoms with van der Waals surface area (Å²) >= 11 is 3.32. The number of morpholine rings is 1. The minimum absolute atomic E-state index is 0.00934. The van der Waals surface area contributed by atoms with Gasteiger partial charge in [0.25, 0.3) is 5.69 Å². The van der Waals surface area contributed by atoms with Crippen LogP contribution in [-0.4, -0.2) is 49.3 Å². The fraction of sp³-hybridized carbons (Fsp3) is 0.500. The molecule has 0 aromatic heterocycles. The van der Waals surface area contributed by atoms with E-state index in [2.05, 4.69) is 20.8 Å². The van der Waals surface area contributed by atoms with Crippen molar-refractivity contribution in [1.82, 2.24) is 4.90 Å². The molecule has 1 saturated heterocycles. The first kappa shape index (κ1) is 14.2. The number of ether oxygens (including phenoxy) is 2. The van der Waals surface area contributed by atoms with Crippen LogP contribution in [0.2, 0.25) is 0 Å². The molecule has 0 aliphatic carbocycles. The van der Waals surface area contributed by atoms with E-state index in [-0.39, 0.29) is 11.8 Å². The lowest BCUT2D eigenvalue weighted by Gasteiger charge is -2.29. The minimum atomic E-state index is -0.440. The normalized spacial score (nSPS) is 20.2. The smallest absolute Gasteiger partial charge is 0.273 e. The zero-order valence-corrected chi connectivity index (χ0v) is 12.1. The molecule has 19 heavy (non-hydrogen) atoms. The van der Waals surface area contributed by atoms with E-state index in [1.165, 1.54) is 12.1 Å². The Morgan fingerprint density at radius 3 is 3.11 bits per heavy atom. The molecular formula is C12H15BrN2O4. The molecule has 1 aromatic rings. The van der Waals surface area contributed by atoms with Crippen LogP contribution in [0.5, 0.6) is 5.75 Å². The van der Waals surface area contributed by atoms with Gasteiger partial charge in [0.2, 0.25) is 0 Å². The van der Waals surface area contributed by atoms with Crippen LogP contribution in [0.1, 0.15) is 0 Å². The maximum atomic E-state index is 10.7. The number of nitro benzene ring substituents is 1. The number of nitrogens with zero attached hydrogens (tertiary/aromatic N) is 2. The highest BCUT2D eigenvalue weighted by Crippen LogP contribution is 2.29. The lowest BCUT2D eigenvalue weighted by molar-refractivity contribution is -0.385. The number of hydrogen-bond acceptors (Lipinski definition) is 5. The van der Waals surface area contributed by atoms with E-state index in [1.807, 2.05) is 7.05 Å². The molecule has 1 unspecified atom stereocenters. The molecule has 1 heterocycles. The van der Waals surface area contributed by atoms with Crippen molar-refractivity contribution in [3.8, 4) is 5.75 Å². The standard InChI is InChI=1S/C12H15BrN2O4/c1-14-4-5-18-10(7-14)8-19-12-6-9(15(16)17)2-3-11(12)13/h2-3,6,10H,4-5,7-8H2,1H3. The monoisotopic (exact) mass is 330 g/mol. The predicted octanol–water partition coefficient (Wildman–Crippen LogP) is 2.07. The van der Waals surface area contributed by atoms with E-state index in [0.717, 1.165) is 13.1 Å². The first-order chi connectivity index (χ1) is 9.06. The van der Waals surface area contributed by atoms with Crippen LogP contribution in [0, 0.1) is 10.1 Å². The molecule has 0 radical (unpaired) electrons. The van der Waals surface area contributed by atoms with E-state index in [9.17, 15) is 10.1 Å². The average molecular weight is 331 g/mol. The highest BCUT2D eigenvalue weighted by molar-refractivity contribution is 9.10. The first-order valence-corrected chi connectivity index (χ1v) is 6.72. The SMILES string of the molecule is CN1CCOC(COc2cc([N+](=O)[O-])ccc2Br)C1. The van der Waals surface area contributed by atoms with Crippen LogP contribution in [0.15, 0.2) is 22.7 Å². The van der Waals surface area contributed by atoms with Crippen molar-refractivity contribution >= 4 is 21.6 Å². The van der Waals surface area contributed by atoms with E-state index in [4.69, 9.17) is 9.47 Å². The number of nitro groups is 1. The Morgan fingerprint density at radius 2 is 2.42 bits per heavy atom. The van der Waals surface area contributed by atoms with Gasteiger partial charge in [-0.2, -0.15) is 0 Å². The molecule has 0 amide bonds. The number of hydrogen-bond donors (Lipinski definition) is 0. The van der Waals surface area contributed by atoms with Gasteiger partial charge < -0.3 is 14.4 Å². The van der Waals surface area contributed by atoms with Crippen LogP contribution >= 0.6 is 15.9 Å². The Balaban J connectivity index is 1.98. The van der Waals surface area contributed by atoms with Crippen molar-refractivity contribution in [2.24, 2.45) is 0 Å². The molecule has 0 saturated carbocycles. The van der Waals surface area contributed by atoms with Gasteiger partial charge in [0.15, 0.2) is 0 Å². The highest BCUT2D eigenvalue weighted by atomic mass is 79.9. The largest absolute Gasteiger partial charge is 0.489 e. The van der Waals surface area contributed by atoms with Gasteiger partial charge in [-0.25, -0.2) is 0 Å². The Morgan fingerprint density at radius 1 is 1.63 bits per heavy atom. The third-order valence-electron chi connectivity index (χ3n) is 2.89. The summed E-state index contributed by atoms with van der Waals surface area (Å²) < 4.78 is 11.9. The van der Waals surface area contributed by atoms with E-state index < -0.39 is 4.92 Å². The Hall–Kier alpha value is -1.18. The van der Waals surface area contributed by atoms with Crippen molar-refractivity contribution in [1.29, 1.82) is 0 Å². The summed E-state index contributed by atoms with van der Waals surface area (Å²) in [6.07, 6.45) is -0.00934. The van der Waals surface area contributed by atoms with Crippen molar-refractivity contribution in [2.75, 3.05) is 33.4 Å². The number of benzene rings is 1. The maximum absolute atomic E-state index is 10.7. The average Bonchev–Trinajstić information content (AvgIpc) is 2.37. The van der Waals surface area contributed by atoms with Crippen molar-refractivity contribution in [2.45, 2.75) is 6.10 Å². The zero-order valence-electron chi connectivity index (χ0n) is 10.5. The van der Waals surface area contributed by atoms with Crippen molar-refractivity contribution in [3.05, 3.63) is 32.8 Å². The van der Waals surface area contributed by atoms with Crippen molar-refractivity contribution < 1.29 is 14.4 Å². The fourth-order valence-electron chi connectivity index (χ4n) is 1.87. The Labute approximate surface area is 119 Å². The molecule has 0 spiro atoms. The lowest BCUT2D eigenvalue weighted by atomic mass is 10.3. The van der Waals surface area contributed by atoms with Crippen molar-refractivity contribution in [3.63, 3.8) is 0 Å². The van der Waals surface area contributed by atoms with Gasteiger partial charge in [-0.05, 0) is 29.0 Å². The summed E-state index contributed by atoms with van der Waals surface area (Å²) in [6.45, 7) is 2.77. The maximum Gasteiger partial charge on any atom is 0.273 e. The molecule has 1 atom stereocenters. The summed E-state index contributed by atoms with van der Waals surface area (Å²) in [5.41, 5.74) is 0.0138. The minimum Gasteiger partial charge on any atom is -0.489 e. The Kier molecular flexibility index (Phi) is 4.73. The second kappa shape index (κ2) is 6.31. The molecule has 1 aliphatic heterocycles. The molecular weight excluding hydrogens is 316 g/mol. The number of rotatable bonds is 4. The molecule has 1 aliphatic rings. The van der Waals surface area contributed by atoms with E-state index in [1.54, 1.807) is 6.07 Å². The van der Waals surface area contributed by atoms with E-state index in [0.29, 0.717) is 23.4 Å². The second-order valence-corrected chi connectivity index (χ2v) is 5.29. The summed E-state index contributed by atoms with van der Waals surface area (Å²) in [7, 11) is 2.03. The third kappa shape index (κ3) is 3.89. The van der Waals surface area contributed by atoms with Crippen LogP contribution in [0.4, 0.5) is 5.69 Å². The summed E-state index contributed by atoms with van der Waals surface area (Å²) in [5.74, 6) is 0.464. The zero-order chi connectivity index (χ0) is 13.8. The Bertz CT molecular complexity index is 469. The number of halogens is 1. The van der Waals surface area contributed by atoms with Gasteiger partial charge in [0.05, 0.1) is 22.1 Å². The summed E-state index contributed by atoms with van der Waals surface area (Å²) in [4.78, 5) is 12.4. The molecule has 7 heteroatoms. The van der Waals surface area contributed by atoms with Gasteiger partial charge in [-0.15, -0.1) is 0 Å². The first-order valence-electron chi connectivity index (χ1n) is 5.93. The lowest BCUT2D eigenvalue weighted by Crippen LogP contribution is -2.42. The summed E-state index contributed by atoms with van der Waals surface area (Å²) in [5, 5.41) is 10.7. The molecule has 0 bridgehead atoms. The fourth-order valence-corrected chi connectivity index (χ4v) is 2.23. The van der Waals surface area contributed by atoms with Gasteiger partial charge in [-0.1, -0.05) is 0 Å². The highest BCUT2D eigenvalue weighted by Gasteiger charge is 2.19. The third-order valence-corrected chi connectivity index (χ3v) is 3.55. The quantitative estimate of drug-likeness (QED) is 0.624. The van der Waals surface area contributed by atoms with Crippen LogP contribution in [-0.2, 0) is 4.74 Å². The summed E-state index contributed by atoms with van der Waals surface area (Å²) in [6, 6.07) is 4.46. The molecule has 1 fully saturated rings. The van der Waals surface area contributed by atoms with Gasteiger partial charge in [-0.3, -0.25) is 10.1 Å². The van der Waals surface area contributed by atoms with Gasteiger partial charge >= 0.3 is 0 Å². The molecule has 1 aromatic carbocycles. The van der Waals surface area contributed by atoms with Gasteiger partial charge in [0.1, 0.15) is 18.5 Å². The van der Waals surface area contributed by atoms with E-state index >= 15 is 0 Å². The van der Waals surface area contributed by atoms with Gasteiger partial charge in [0, 0.05) is 19.2 Å². The predicted molar refractivity (Wildman–Crippen MR) is 73.5 cm³/mol. The molecule has 6 nitrogen and oxygen atoms in total. The molecule has 2 rings (SSSR count).